The molecule has 0 aliphatic rings. The Morgan fingerprint density at radius 2 is 1.76 bits per heavy atom. The van der Waals surface area contributed by atoms with E-state index in [9.17, 15) is 18.0 Å². The van der Waals surface area contributed by atoms with Gasteiger partial charge in [0.2, 0.25) is 0 Å². The zero-order valence-electron chi connectivity index (χ0n) is 10.5. The minimum atomic E-state index is -4.50. The van der Waals surface area contributed by atoms with Crippen molar-refractivity contribution in [3.63, 3.8) is 0 Å². The largest absolute Gasteiger partial charge is 0.417 e. The molecule has 0 saturated carbocycles. The summed E-state index contributed by atoms with van der Waals surface area (Å²) in [5.74, 6) is -0.355. The number of halogens is 5. The summed E-state index contributed by atoms with van der Waals surface area (Å²) in [5.41, 5.74) is -0.0565. The van der Waals surface area contributed by atoms with Crippen molar-refractivity contribution in [2.45, 2.75) is 12.6 Å². The monoisotopic (exact) mass is 420 g/mol. The highest BCUT2D eigenvalue weighted by Gasteiger charge is 2.33. The Morgan fingerprint density at radius 3 is 2.38 bits per heavy atom. The highest BCUT2D eigenvalue weighted by Crippen LogP contribution is 2.35. The first-order valence-corrected chi connectivity index (χ1v) is 7.50. The second-order valence-electron chi connectivity index (χ2n) is 4.42. The summed E-state index contributed by atoms with van der Waals surface area (Å²) in [4.78, 5) is 12.1. The van der Waals surface area contributed by atoms with E-state index in [1.54, 1.807) is 18.2 Å². The normalized spacial score (nSPS) is 11.5. The van der Waals surface area contributed by atoms with Crippen molar-refractivity contribution in [3.8, 4) is 0 Å². The second kappa shape index (κ2) is 6.32. The van der Waals surface area contributed by atoms with Gasteiger partial charge >= 0.3 is 6.18 Å². The molecule has 0 N–H and O–H groups in total. The minimum Gasteiger partial charge on any atom is -0.294 e. The predicted molar refractivity (Wildman–Crippen MR) is 81.3 cm³/mol. The van der Waals surface area contributed by atoms with Gasteiger partial charge in [-0.05, 0) is 29.8 Å². The van der Waals surface area contributed by atoms with Crippen molar-refractivity contribution in [2.75, 3.05) is 0 Å². The molecule has 1 nitrogen and oxygen atoms in total. The number of carbonyl (C=O) groups excluding carboxylic acids is 1. The van der Waals surface area contributed by atoms with Gasteiger partial charge in [-0.2, -0.15) is 13.2 Å². The van der Waals surface area contributed by atoms with Gasteiger partial charge in [0.05, 0.1) is 5.56 Å². The standard InChI is InChI=1S/C15H9Br2F3O/c16-11-3-1-2-9(6-11)7-14(21)10-4-5-13(17)12(8-10)15(18,19)20/h1-6,8H,7H2. The fourth-order valence-corrected chi connectivity index (χ4v) is 2.77. The summed E-state index contributed by atoms with van der Waals surface area (Å²) in [6.07, 6.45) is -4.44. The summed E-state index contributed by atoms with van der Waals surface area (Å²) in [5, 5.41) is 0. The fourth-order valence-electron chi connectivity index (χ4n) is 1.85. The summed E-state index contributed by atoms with van der Waals surface area (Å²) in [6.45, 7) is 0. The predicted octanol–water partition coefficient (Wildman–Crippen LogP) is 5.66. The summed E-state index contributed by atoms with van der Waals surface area (Å²) in [6, 6.07) is 10.6. The zero-order chi connectivity index (χ0) is 15.6. The van der Waals surface area contributed by atoms with Crippen LogP contribution in [0.5, 0.6) is 0 Å². The number of Topliss-reactive ketones (excluding diaryl/α,β-unsaturated/α-hetero) is 1. The number of hydrogen-bond acceptors (Lipinski definition) is 1. The Kier molecular flexibility index (Phi) is 4.88. The van der Waals surface area contributed by atoms with Crippen LogP contribution in [-0.4, -0.2) is 5.78 Å². The molecule has 110 valence electrons. The molecule has 0 amide bonds. The van der Waals surface area contributed by atoms with E-state index >= 15 is 0 Å². The van der Waals surface area contributed by atoms with Gasteiger partial charge < -0.3 is 0 Å². The van der Waals surface area contributed by atoms with Gasteiger partial charge in [0.25, 0.3) is 0 Å². The van der Waals surface area contributed by atoms with E-state index in [0.717, 1.165) is 16.1 Å². The van der Waals surface area contributed by atoms with Crippen LogP contribution in [0.4, 0.5) is 13.2 Å². The molecule has 0 aliphatic carbocycles. The number of carbonyl (C=O) groups is 1. The highest BCUT2D eigenvalue weighted by atomic mass is 79.9. The molecular formula is C15H9Br2F3O. The van der Waals surface area contributed by atoms with Crippen LogP contribution < -0.4 is 0 Å². The molecule has 0 saturated heterocycles. The van der Waals surface area contributed by atoms with Crippen molar-refractivity contribution in [1.29, 1.82) is 0 Å². The smallest absolute Gasteiger partial charge is 0.294 e. The fraction of sp³-hybridized carbons (Fsp3) is 0.133. The maximum atomic E-state index is 12.8. The van der Waals surface area contributed by atoms with E-state index in [-0.39, 0.29) is 22.2 Å². The van der Waals surface area contributed by atoms with Crippen LogP contribution in [0, 0.1) is 0 Å². The van der Waals surface area contributed by atoms with Crippen LogP contribution in [0.2, 0.25) is 0 Å². The molecule has 0 aromatic heterocycles. The molecule has 0 fully saturated rings. The van der Waals surface area contributed by atoms with E-state index in [2.05, 4.69) is 31.9 Å². The van der Waals surface area contributed by atoms with Crippen molar-refractivity contribution in [3.05, 3.63) is 68.1 Å². The Morgan fingerprint density at radius 1 is 1.05 bits per heavy atom. The first kappa shape index (κ1) is 16.2. The molecule has 0 heterocycles. The number of alkyl halides is 3. The van der Waals surface area contributed by atoms with Gasteiger partial charge in [0.1, 0.15) is 0 Å². The van der Waals surface area contributed by atoms with Gasteiger partial charge in [-0.3, -0.25) is 4.79 Å². The van der Waals surface area contributed by atoms with Crippen LogP contribution in [0.15, 0.2) is 51.4 Å². The maximum Gasteiger partial charge on any atom is 0.417 e. The van der Waals surface area contributed by atoms with E-state index in [1.807, 2.05) is 6.07 Å². The molecule has 0 spiro atoms. The van der Waals surface area contributed by atoms with Gasteiger partial charge in [0, 0.05) is 20.9 Å². The van der Waals surface area contributed by atoms with Crippen LogP contribution in [0.1, 0.15) is 21.5 Å². The molecule has 2 rings (SSSR count). The second-order valence-corrected chi connectivity index (χ2v) is 6.19. The van der Waals surface area contributed by atoms with Gasteiger partial charge in [0.15, 0.2) is 5.78 Å². The molecule has 0 aliphatic heterocycles. The first-order valence-electron chi connectivity index (χ1n) is 5.92. The molecule has 6 heteroatoms. The molecule has 0 radical (unpaired) electrons. The van der Waals surface area contributed by atoms with Crippen molar-refractivity contribution < 1.29 is 18.0 Å². The van der Waals surface area contributed by atoms with Gasteiger partial charge in [-0.15, -0.1) is 0 Å². The SMILES string of the molecule is O=C(Cc1cccc(Br)c1)c1ccc(Br)c(C(F)(F)F)c1. The van der Waals surface area contributed by atoms with E-state index in [4.69, 9.17) is 0 Å². The van der Waals surface area contributed by atoms with Crippen molar-refractivity contribution >= 4 is 37.6 Å². The topological polar surface area (TPSA) is 17.1 Å². The number of ketones is 1. The summed E-state index contributed by atoms with van der Waals surface area (Å²) in [7, 11) is 0. The van der Waals surface area contributed by atoms with Crippen LogP contribution in [-0.2, 0) is 12.6 Å². The van der Waals surface area contributed by atoms with Crippen LogP contribution >= 0.6 is 31.9 Å². The lowest BCUT2D eigenvalue weighted by Crippen LogP contribution is -2.10. The lowest BCUT2D eigenvalue weighted by atomic mass is 10.0. The van der Waals surface area contributed by atoms with Crippen LogP contribution in [0.3, 0.4) is 0 Å². The summed E-state index contributed by atoms with van der Waals surface area (Å²) >= 11 is 6.14. The lowest BCUT2D eigenvalue weighted by Gasteiger charge is -2.10. The Bertz CT molecular complexity index is 681. The van der Waals surface area contributed by atoms with Crippen LogP contribution in [0.25, 0.3) is 0 Å². The molecule has 2 aromatic carbocycles. The molecule has 0 bridgehead atoms. The Hall–Kier alpha value is -1.14. The number of hydrogen-bond donors (Lipinski definition) is 0. The molecular weight excluding hydrogens is 413 g/mol. The third-order valence-electron chi connectivity index (χ3n) is 2.85. The van der Waals surface area contributed by atoms with Crippen molar-refractivity contribution in [2.24, 2.45) is 0 Å². The van der Waals surface area contributed by atoms with E-state index in [0.29, 0.717) is 0 Å². The summed E-state index contributed by atoms with van der Waals surface area (Å²) < 4.78 is 39.2. The quantitative estimate of drug-likeness (QED) is 0.584. The average Bonchev–Trinajstić information content (AvgIpc) is 2.37. The minimum absolute atomic E-state index is 0.0468. The van der Waals surface area contributed by atoms with Crippen molar-refractivity contribution in [1.82, 2.24) is 0 Å². The van der Waals surface area contributed by atoms with E-state index < -0.39 is 11.7 Å². The van der Waals surface area contributed by atoms with Gasteiger partial charge in [-0.25, -0.2) is 0 Å². The Balaban J connectivity index is 2.28. The third-order valence-corrected chi connectivity index (χ3v) is 4.03. The van der Waals surface area contributed by atoms with Gasteiger partial charge in [-0.1, -0.05) is 50.1 Å². The average molecular weight is 422 g/mol. The zero-order valence-corrected chi connectivity index (χ0v) is 13.7. The molecule has 21 heavy (non-hydrogen) atoms. The Labute approximate surface area is 136 Å². The molecule has 2 aromatic rings. The van der Waals surface area contributed by atoms with E-state index in [1.165, 1.54) is 12.1 Å². The third kappa shape index (κ3) is 4.17. The first-order chi connectivity index (χ1) is 9.77. The molecule has 0 unspecified atom stereocenters. The highest BCUT2D eigenvalue weighted by molar-refractivity contribution is 9.10. The molecule has 0 atom stereocenters. The lowest BCUT2D eigenvalue weighted by molar-refractivity contribution is -0.138. The number of rotatable bonds is 3. The number of benzene rings is 2. The maximum absolute atomic E-state index is 12.8.